The number of carbonyl (C=O) groups excluding carboxylic acids is 1. The van der Waals surface area contributed by atoms with Gasteiger partial charge in [-0.1, -0.05) is 6.42 Å². The second-order valence-electron chi connectivity index (χ2n) is 12.0. The monoisotopic (exact) mass is 631 g/mol. The Morgan fingerprint density at radius 2 is 1.68 bits per heavy atom. The molecule has 1 saturated carbocycles. The number of pyridine rings is 1. The summed E-state index contributed by atoms with van der Waals surface area (Å²) in [7, 11) is 0.466. The molecule has 240 valence electrons. The van der Waals surface area contributed by atoms with E-state index in [1.807, 2.05) is 0 Å². The summed E-state index contributed by atoms with van der Waals surface area (Å²) < 4.78 is 49.2. The Morgan fingerprint density at radius 1 is 1.02 bits per heavy atom. The Kier molecular flexibility index (Phi) is 9.56. The van der Waals surface area contributed by atoms with E-state index in [0.29, 0.717) is 23.5 Å². The van der Waals surface area contributed by atoms with E-state index >= 15 is 0 Å². The van der Waals surface area contributed by atoms with E-state index in [0.717, 1.165) is 92.2 Å². The molecule has 3 N–H and O–H groups in total. The Bertz CT molecular complexity index is 1580. The van der Waals surface area contributed by atoms with Gasteiger partial charge in [0.25, 0.3) is 5.91 Å². The number of methoxy groups -OCH3 is 1. The smallest absolute Gasteiger partial charge is 0.303 e. The largest absolute Gasteiger partial charge is 0.412 e. The number of nitrogens with zero attached hydrogens (tertiary/aromatic N) is 6. The number of piperidine rings is 2. The first-order valence-corrected chi connectivity index (χ1v) is 16.5. The molecular formula is C30H42FN7O5S. The number of amides is 1. The fourth-order valence-electron chi connectivity index (χ4n) is 6.43. The van der Waals surface area contributed by atoms with Gasteiger partial charge in [-0.05, 0) is 68.9 Å². The number of fused-ring (bicyclic) bond motifs is 1. The molecule has 4 heterocycles. The van der Waals surface area contributed by atoms with E-state index in [-0.39, 0.29) is 22.9 Å². The number of rotatable bonds is 8. The summed E-state index contributed by atoms with van der Waals surface area (Å²) in [5.74, 6) is -0.917. The first-order chi connectivity index (χ1) is 20.6. The van der Waals surface area contributed by atoms with Gasteiger partial charge in [-0.15, -0.1) is 0 Å². The molecule has 2 saturated heterocycles. The molecule has 2 aliphatic heterocycles. The normalized spacial score (nSPS) is 19.2. The number of hydrogen-bond donors (Lipinski definition) is 1. The van der Waals surface area contributed by atoms with Crippen molar-refractivity contribution in [2.24, 2.45) is 0 Å². The highest BCUT2D eigenvalue weighted by molar-refractivity contribution is 7.87. The zero-order valence-corrected chi connectivity index (χ0v) is 26.3. The highest BCUT2D eigenvalue weighted by Crippen LogP contribution is 2.43. The van der Waals surface area contributed by atoms with E-state index in [2.05, 4.69) is 14.5 Å². The van der Waals surface area contributed by atoms with Crippen LogP contribution in [0.2, 0.25) is 0 Å². The first kappa shape index (κ1) is 32.2. The highest BCUT2D eigenvalue weighted by atomic mass is 32.2. The second kappa shape index (κ2) is 13.1. The number of likely N-dealkylation sites (tertiary alicyclic amines) is 1. The second-order valence-corrected chi connectivity index (χ2v) is 13.9. The van der Waals surface area contributed by atoms with Crippen LogP contribution < -0.4 is 9.62 Å². The van der Waals surface area contributed by atoms with Gasteiger partial charge in [0.15, 0.2) is 5.65 Å². The van der Waals surface area contributed by atoms with Crippen molar-refractivity contribution in [1.29, 1.82) is 0 Å². The molecule has 6 rings (SSSR count). The van der Waals surface area contributed by atoms with Crippen LogP contribution in [0.3, 0.4) is 0 Å². The van der Waals surface area contributed by atoms with Gasteiger partial charge in [-0.3, -0.25) is 4.79 Å². The number of benzene rings is 1. The van der Waals surface area contributed by atoms with Gasteiger partial charge in [-0.25, -0.2) is 18.8 Å². The minimum Gasteiger partial charge on any atom is -0.412 e. The number of ether oxygens (including phenoxy) is 1. The molecule has 3 aliphatic rings. The summed E-state index contributed by atoms with van der Waals surface area (Å²) in [6, 6.07) is 8.20. The zero-order valence-electron chi connectivity index (χ0n) is 25.5. The van der Waals surface area contributed by atoms with E-state index < -0.39 is 16.1 Å². The summed E-state index contributed by atoms with van der Waals surface area (Å²) in [6.07, 6.45) is 7.52. The van der Waals surface area contributed by atoms with E-state index in [4.69, 9.17) is 14.8 Å². The van der Waals surface area contributed by atoms with Gasteiger partial charge in [-0.2, -0.15) is 17.8 Å². The SMILES string of the molecule is COC1CCN(C2CCN(c3cc(C(=O)NS(=O)(=O)N(C)C)nc4c3c(C3CCC3)nn4-c3ccc(F)cc3)CC2)CC1.O. The first-order valence-electron chi connectivity index (χ1n) is 15.1. The van der Waals surface area contributed by atoms with Crippen molar-refractivity contribution < 1.29 is 27.8 Å². The van der Waals surface area contributed by atoms with Crippen LogP contribution in [-0.2, 0) is 14.9 Å². The van der Waals surface area contributed by atoms with Crippen LogP contribution in [0.5, 0.6) is 0 Å². The lowest BCUT2D eigenvalue weighted by Crippen LogP contribution is -2.48. The third kappa shape index (κ3) is 6.31. The Balaban J connectivity index is 0.00000384. The minimum absolute atomic E-state index is 0. The topological polar surface area (TPSA) is 144 Å². The van der Waals surface area contributed by atoms with Crippen LogP contribution in [0.25, 0.3) is 16.7 Å². The molecule has 1 aromatic carbocycles. The number of hydrogen-bond acceptors (Lipinski definition) is 8. The van der Waals surface area contributed by atoms with Gasteiger partial charge in [0.05, 0.1) is 28.6 Å². The summed E-state index contributed by atoms with van der Waals surface area (Å²) in [6.45, 7) is 3.64. The van der Waals surface area contributed by atoms with Crippen LogP contribution in [-0.4, -0.2) is 103 Å². The molecule has 1 aliphatic carbocycles. The fraction of sp³-hybridized carbons (Fsp3) is 0.567. The molecule has 0 spiro atoms. The van der Waals surface area contributed by atoms with Crippen LogP contribution in [0.1, 0.15) is 67.0 Å². The van der Waals surface area contributed by atoms with Gasteiger partial charge >= 0.3 is 10.2 Å². The Labute approximate surface area is 257 Å². The Morgan fingerprint density at radius 3 is 2.25 bits per heavy atom. The molecule has 12 nitrogen and oxygen atoms in total. The van der Waals surface area contributed by atoms with Crippen molar-refractivity contribution in [2.75, 3.05) is 52.3 Å². The molecule has 14 heteroatoms. The molecule has 1 amide bonds. The van der Waals surface area contributed by atoms with E-state index in [1.54, 1.807) is 30.0 Å². The maximum Gasteiger partial charge on any atom is 0.303 e. The maximum absolute atomic E-state index is 13.8. The molecular weight excluding hydrogens is 589 g/mol. The number of anilines is 1. The van der Waals surface area contributed by atoms with Crippen LogP contribution in [0.4, 0.5) is 10.1 Å². The summed E-state index contributed by atoms with van der Waals surface area (Å²) in [5, 5.41) is 5.88. The molecule has 0 unspecified atom stereocenters. The third-order valence-electron chi connectivity index (χ3n) is 9.27. The zero-order chi connectivity index (χ0) is 30.3. The van der Waals surface area contributed by atoms with Crippen molar-refractivity contribution in [1.82, 2.24) is 28.7 Å². The van der Waals surface area contributed by atoms with Gasteiger partial charge < -0.3 is 20.0 Å². The summed E-state index contributed by atoms with van der Waals surface area (Å²) >= 11 is 0. The van der Waals surface area contributed by atoms with Gasteiger partial charge in [0.1, 0.15) is 11.5 Å². The molecule has 2 aromatic heterocycles. The minimum atomic E-state index is -4.03. The standard InChI is InChI=1S/C30H40FN7O4S.H2O/c1-35(2)43(40,41)34-30(39)25-19-26(37-15-11-22(12-16-37)36-17-13-24(42-3)14-18-36)27-28(20-5-4-6-20)33-38(29(27)32-25)23-9-7-21(31)8-10-23;/h7-10,19-20,22,24H,4-6,11-18H2,1-3H3,(H,34,39);1H2. The lowest BCUT2D eigenvalue weighted by Gasteiger charge is -2.42. The quantitative estimate of drug-likeness (QED) is 0.400. The molecule has 44 heavy (non-hydrogen) atoms. The lowest BCUT2D eigenvalue weighted by atomic mass is 9.82. The summed E-state index contributed by atoms with van der Waals surface area (Å²) in [5.41, 5.74) is 2.82. The van der Waals surface area contributed by atoms with E-state index in [1.165, 1.54) is 26.2 Å². The Hall–Kier alpha value is -3.17. The molecule has 0 bridgehead atoms. The lowest BCUT2D eigenvalue weighted by molar-refractivity contribution is 0.0233. The van der Waals surface area contributed by atoms with Gasteiger partial charge in [0, 0.05) is 59.3 Å². The molecule has 0 atom stereocenters. The van der Waals surface area contributed by atoms with Crippen molar-refractivity contribution in [2.45, 2.75) is 63.0 Å². The predicted molar refractivity (Wildman–Crippen MR) is 166 cm³/mol. The van der Waals surface area contributed by atoms with E-state index in [9.17, 15) is 17.6 Å². The molecule has 3 aromatic rings. The van der Waals surface area contributed by atoms with Crippen molar-refractivity contribution in [3.8, 4) is 5.69 Å². The average Bonchev–Trinajstić information content (AvgIpc) is 3.35. The number of nitrogens with one attached hydrogen (secondary N) is 1. The summed E-state index contributed by atoms with van der Waals surface area (Å²) in [4.78, 5) is 22.9. The highest BCUT2D eigenvalue weighted by Gasteiger charge is 2.33. The third-order valence-corrected chi connectivity index (χ3v) is 10.7. The van der Waals surface area contributed by atoms with Gasteiger partial charge in [0.2, 0.25) is 0 Å². The number of carbonyl (C=O) groups is 1. The van der Waals surface area contributed by atoms with Crippen molar-refractivity contribution in [3.63, 3.8) is 0 Å². The predicted octanol–water partition coefficient (Wildman–Crippen LogP) is 2.62. The maximum atomic E-state index is 13.8. The van der Waals surface area contributed by atoms with Crippen LogP contribution in [0.15, 0.2) is 30.3 Å². The molecule has 0 radical (unpaired) electrons. The number of aromatic nitrogens is 3. The van der Waals surface area contributed by atoms with Crippen molar-refractivity contribution in [3.05, 3.63) is 47.5 Å². The van der Waals surface area contributed by atoms with Crippen LogP contribution >= 0.6 is 0 Å². The average molecular weight is 632 g/mol. The fourth-order valence-corrected chi connectivity index (χ4v) is 6.95. The van der Waals surface area contributed by atoms with Crippen LogP contribution in [0, 0.1) is 5.82 Å². The molecule has 3 fully saturated rings. The number of halogens is 1. The van der Waals surface area contributed by atoms with Crippen molar-refractivity contribution >= 4 is 32.8 Å².